The molecule has 0 spiro atoms. The van der Waals surface area contributed by atoms with Gasteiger partial charge in [0, 0.05) is 18.0 Å². The van der Waals surface area contributed by atoms with Gasteiger partial charge in [0.15, 0.2) is 0 Å². The van der Waals surface area contributed by atoms with Crippen LogP contribution in [0.5, 0.6) is 0 Å². The van der Waals surface area contributed by atoms with Crippen LogP contribution in [0.4, 0.5) is 0 Å². The summed E-state index contributed by atoms with van der Waals surface area (Å²) in [7, 11) is 0. The Balaban J connectivity index is 2.47. The molecule has 0 radical (unpaired) electrons. The molecule has 1 heterocycles. The van der Waals surface area contributed by atoms with E-state index >= 15 is 0 Å². The largest absolute Gasteiger partial charge is 0.299 e. The predicted octanol–water partition coefficient (Wildman–Crippen LogP) is 2.08. The minimum Gasteiger partial charge on any atom is -0.299 e. The van der Waals surface area contributed by atoms with Crippen LogP contribution in [-0.2, 0) is 4.79 Å². The molecule has 0 unspecified atom stereocenters. The molecule has 0 atom stereocenters. The molecule has 0 amide bonds. The third kappa shape index (κ3) is 2.02. The number of rotatable bonds is 3. The predicted molar refractivity (Wildman–Crippen MR) is 58.7 cm³/mol. The monoisotopic (exact) mass is 198 g/mol. The summed E-state index contributed by atoms with van der Waals surface area (Å²) < 4.78 is 1.77. The standard InChI is InChI=1S/C12H10N2O/c15-10-3-6-11-5-1-2-7-12(11)14-9-4-8-13-14/h1-10H/b6-3+. The first kappa shape index (κ1) is 9.40. The van der Waals surface area contributed by atoms with Gasteiger partial charge in [-0.1, -0.05) is 18.2 Å². The molecule has 3 heteroatoms. The van der Waals surface area contributed by atoms with E-state index in [1.165, 1.54) is 6.08 Å². The summed E-state index contributed by atoms with van der Waals surface area (Å²) in [6.07, 6.45) is 7.60. The highest BCUT2D eigenvalue weighted by Crippen LogP contribution is 2.14. The van der Waals surface area contributed by atoms with Crippen LogP contribution in [0.3, 0.4) is 0 Å². The molecular formula is C12H10N2O. The Kier molecular flexibility index (Phi) is 2.74. The second-order valence-electron chi connectivity index (χ2n) is 3.00. The van der Waals surface area contributed by atoms with E-state index in [9.17, 15) is 4.79 Å². The maximum absolute atomic E-state index is 10.3. The molecule has 0 saturated carbocycles. The van der Waals surface area contributed by atoms with Crippen LogP contribution in [0.2, 0.25) is 0 Å². The molecule has 0 aliphatic heterocycles. The first-order valence-electron chi connectivity index (χ1n) is 4.63. The van der Waals surface area contributed by atoms with Crippen molar-refractivity contribution in [3.05, 3.63) is 54.4 Å². The van der Waals surface area contributed by atoms with Crippen LogP contribution >= 0.6 is 0 Å². The Morgan fingerprint density at radius 3 is 2.80 bits per heavy atom. The van der Waals surface area contributed by atoms with Gasteiger partial charge in [0.25, 0.3) is 0 Å². The summed E-state index contributed by atoms with van der Waals surface area (Å²) in [5.41, 5.74) is 1.92. The molecule has 0 fully saturated rings. The van der Waals surface area contributed by atoms with Gasteiger partial charge < -0.3 is 0 Å². The second-order valence-corrected chi connectivity index (χ2v) is 3.00. The Morgan fingerprint density at radius 1 is 1.20 bits per heavy atom. The Labute approximate surface area is 87.7 Å². The van der Waals surface area contributed by atoms with Crippen molar-refractivity contribution in [2.75, 3.05) is 0 Å². The lowest BCUT2D eigenvalue weighted by Gasteiger charge is -2.04. The van der Waals surface area contributed by atoms with Crippen molar-refractivity contribution in [1.29, 1.82) is 0 Å². The molecule has 0 bridgehead atoms. The average Bonchev–Trinajstić information content (AvgIpc) is 2.80. The molecule has 0 aliphatic carbocycles. The van der Waals surface area contributed by atoms with Gasteiger partial charge in [0.1, 0.15) is 6.29 Å². The molecule has 1 aromatic heterocycles. The Hall–Kier alpha value is -2.16. The highest BCUT2D eigenvalue weighted by Gasteiger charge is 1.99. The molecule has 15 heavy (non-hydrogen) atoms. The van der Waals surface area contributed by atoms with Crippen molar-refractivity contribution in [3.8, 4) is 5.69 Å². The lowest BCUT2D eigenvalue weighted by molar-refractivity contribution is -0.104. The Morgan fingerprint density at radius 2 is 2.07 bits per heavy atom. The number of benzene rings is 1. The molecule has 1 aromatic carbocycles. The molecule has 2 rings (SSSR count). The molecule has 0 N–H and O–H groups in total. The lowest BCUT2D eigenvalue weighted by Crippen LogP contribution is -1.96. The number of allylic oxidation sites excluding steroid dienone is 1. The number of carbonyl (C=O) groups excluding carboxylic acids is 1. The normalized spacial score (nSPS) is 10.7. The van der Waals surface area contributed by atoms with Gasteiger partial charge in [0.2, 0.25) is 0 Å². The van der Waals surface area contributed by atoms with Gasteiger partial charge >= 0.3 is 0 Å². The summed E-state index contributed by atoms with van der Waals surface area (Å²) in [6, 6.07) is 9.63. The molecule has 0 aliphatic rings. The van der Waals surface area contributed by atoms with Crippen molar-refractivity contribution >= 4 is 12.4 Å². The quantitative estimate of drug-likeness (QED) is 0.559. The van der Waals surface area contributed by atoms with E-state index in [0.29, 0.717) is 0 Å². The van der Waals surface area contributed by atoms with Crippen molar-refractivity contribution in [1.82, 2.24) is 9.78 Å². The number of aromatic nitrogens is 2. The number of carbonyl (C=O) groups is 1. The molecule has 3 nitrogen and oxygen atoms in total. The highest BCUT2D eigenvalue weighted by atomic mass is 16.1. The van der Waals surface area contributed by atoms with Crippen molar-refractivity contribution in [2.24, 2.45) is 0 Å². The van der Waals surface area contributed by atoms with E-state index in [1.807, 2.05) is 36.5 Å². The maximum Gasteiger partial charge on any atom is 0.142 e. The number of nitrogens with zero attached hydrogens (tertiary/aromatic N) is 2. The fourth-order valence-electron chi connectivity index (χ4n) is 1.39. The summed E-state index contributed by atoms with van der Waals surface area (Å²) >= 11 is 0. The van der Waals surface area contributed by atoms with E-state index in [4.69, 9.17) is 0 Å². The number of hydrogen-bond acceptors (Lipinski definition) is 2. The van der Waals surface area contributed by atoms with Crippen LogP contribution in [0.1, 0.15) is 5.56 Å². The van der Waals surface area contributed by atoms with Gasteiger partial charge in [-0.05, 0) is 24.3 Å². The summed E-state index contributed by atoms with van der Waals surface area (Å²) in [6.45, 7) is 0. The summed E-state index contributed by atoms with van der Waals surface area (Å²) in [5, 5.41) is 4.15. The van der Waals surface area contributed by atoms with Gasteiger partial charge in [-0.15, -0.1) is 0 Å². The molecule has 0 saturated heterocycles. The third-order valence-electron chi connectivity index (χ3n) is 2.04. The van der Waals surface area contributed by atoms with Crippen LogP contribution in [0.25, 0.3) is 11.8 Å². The smallest absolute Gasteiger partial charge is 0.142 e. The van der Waals surface area contributed by atoms with Gasteiger partial charge in [-0.3, -0.25) is 4.79 Å². The average molecular weight is 198 g/mol. The zero-order valence-corrected chi connectivity index (χ0v) is 8.08. The van der Waals surface area contributed by atoms with E-state index < -0.39 is 0 Å². The third-order valence-corrected chi connectivity index (χ3v) is 2.04. The van der Waals surface area contributed by atoms with Crippen LogP contribution in [-0.4, -0.2) is 16.1 Å². The van der Waals surface area contributed by atoms with Crippen LogP contribution < -0.4 is 0 Å². The lowest BCUT2D eigenvalue weighted by atomic mass is 10.1. The highest BCUT2D eigenvalue weighted by molar-refractivity contribution is 5.76. The van der Waals surface area contributed by atoms with Crippen LogP contribution in [0.15, 0.2) is 48.8 Å². The topological polar surface area (TPSA) is 34.9 Å². The fraction of sp³-hybridized carbons (Fsp3) is 0. The summed E-state index contributed by atoms with van der Waals surface area (Å²) in [4.78, 5) is 10.3. The van der Waals surface area contributed by atoms with E-state index in [1.54, 1.807) is 17.0 Å². The van der Waals surface area contributed by atoms with Crippen molar-refractivity contribution in [3.63, 3.8) is 0 Å². The summed E-state index contributed by atoms with van der Waals surface area (Å²) in [5.74, 6) is 0. The SMILES string of the molecule is O=C/C=C/c1ccccc1-n1cccn1. The van der Waals surface area contributed by atoms with E-state index in [0.717, 1.165) is 17.5 Å². The second kappa shape index (κ2) is 4.37. The number of hydrogen-bond donors (Lipinski definition) is 0. The minimum absolute atomic E-state index is 0.764. The van der Waals surface area contributed by atoms with E-state index in [2.05, 4.69) is 5.10 Å². The zero-order valence-electron chi connectivity index (χ0n) is 8.08. The van der Waals surface area contributed by atoms with E-state index in [-0.39, 0.29) is 0 Å². The zero-order chi connectivity index (χ0) is 10.5. The van der Waals surface area contributed by atoms with Gasteiger partial charge in [-0.2, -0.15) is 5.10 Å². The first-order chi connectivity index (χ1) is 7.42. The minimum atomic E-state index is 0.764. The maximum atomic E-state index is 10.3. The molecular weight excluding hydrogens is 188 g/mol. The van der Waals surface area contributed by atoms with Crippen molar-refractivity contribution < 1.29 is 4.79 Å². The van der Waals surface area contributed by atoms with Crippen molar-refractivity contribution in [2.45, 2.75) is 0 Å². The number of para-hydroxylation sites is 1. The van der Waals surface area contributed by atoms with Crippen LogP contribution in [0, 0.1) is 0 Å². The Bertz CT molecular complexity index is 472. The molecule has 2 aromatic rings. The first-order valence-corrected chi connectivity index (χ1v) is 4.63. The number of aldehydes is 1. The van der Waals surface area contributed by atoms with Gasteiger partial charge in [0.05, 0.1) is 5.69 Å². The molecule has 74 valence electrons. The fourth-order valence-corrected chi connectivity index (χ4v) is 1.39. The van der Waals surface area contributed by atoms with Gasteiger partial charge in [-0.25, -0.2) is 4.68 Å².